The minimum absolute atomic E-state index is 0.328. The highest BCUT2D eigenvalue weighted by Crippen LogP contribution is 2.52. The Morgan fingerprint density at radius 3 is 2.33 bits per heavy atom. The molecule has 0 saturated heterocycles. The van der Waals surface area contributed by atoms with Crippen molar-refractivity contribution in [2.45, 2.75) is 31.2 Å². The average Bonchev–Trinajstić information content (AvgIpc) is 2.32. The van der Waals surface area contributed by atoms with E-state index in [0.29, 0.717) is 17.1 Å². The largest absolute Gasteiger partial charge is 0.384 e. The molecule has 1 aliphatic carbocycles. The molecular weight excluding hydrogens is 197 g/mol. The van der Waals surface area contributed by atoms with Gasteiger partial charge in [-0.15, -0.1) is 0 Å². The van der Waals surface area contributed by atoms with E-state index in [4.69, 9.17) is 15.5 Å². The molecule has 0 aliphatic heterocycles. The highest BCUT2D eigenvalue weighted by atomic mass is 32.7. The van der Waals surface area contributed by atoms with Crippen molar-refractivity contribution in [3.63, 3.8) is 0 Å². The third-order valence-corrected chi connectivity index (χ3v) is 4.56. The molecular formula is C6H14NO3PS. The predicted molar refractivity (Wildman–Crippen MR) is 49.9 cm³/mol. The van der Waals surface area contributed by atoms with Crippen LogP contribution in [0.4, 0.5) is 0 Å². The quantitative estimate of drug-likeness (QED) is 0.608. The Morgan fingerprint density at radius 1 is 1.42 bits per heavy atom. The van der Waals surface area contributed by atoms with Crippen LogP contribution in [0.2, 0.25) is 0 Å². The molecule has 4 nitrogen and oxygen atoms in total. The lowest BCUT2D eigenvalue weighted by Gasteiger charge is -2.22. The second-order valence-electron chi connectivity index (χ2n) is 3.33. The third kappa shape index (κ3) is 3.46. The highest BCUT2D eigenvalue weighted by Gasteiger charge is 2.31. The average molecular weight is 211 g/mol. The lowest BCUT2D eigenvalue weighted by molar-refractivity contribution is 0.396. The van der Waals surface area contributed by atoms with Crippen molar-refractivity contribution in [1.29, 1.82) is 0 Å². The van der Waals surface area contributed by atoms with Gasteiger partial charge in [0.25, 0.3) is 0 Å². The Balaban J connectivity index is 2.35. The summed E-state index contributed by atoms with van der Waals surface area (Å²) in [5.74, 6) is 0.372. The van der Waals surface area contributed by atoms with Crippen LogP contribution in [0.15, 0.2) is 0 Å². The van der Waals surface area contributed by atoms with E-state index in [-0.39, 0.29) is 5.54 Å². The summed E-state index contributed by atoms with van der Waals surface area (Å²) in [6.45, 7) is -3.92. The van der Waals surface area contributed by atoms with Gasteiger partial charge in [-0.1, -0.05) is 12.8 Å². The van der Waals surface area contributed by atoms with E-state index in [2.05, 4.69) is 0 Å². The van der Waals surface area contributed by atoms with E-state index in [1.165, 1.54) is 0 Å². The molecule has 0 heterocycles. The van der Waals surface area contributed by atoms with Crippen LogP contribution >= 0.6 is 18.2 Å². The van der Waals surface area contributed by atoms with Crippen LogP contribution in [0, 0.1) is 0 Å². The van der Waals surface area contributed by atoms with Gasteiger partial charge < -0.3 is 15.5 Å². The smallest absolute Gasteiger partial charge is 0.324 e. The molecule has 1 aliphatic rings. The lowest BCUT2D eigenvalue weighted by Crippen LogP contribution is -2.38. The first-order valence-corrected chi connectivity index (χ1v) is 7.11. The summed E-state index contributed by atoms with van der Waals surface area (Å²) in [5, 5.41) is 0. The molecule has 0 bridgehead atoms. The second-order valence-corrected chi connectivity index (χ2v) is 7.06. The molecule has 4 N–H and O–H groups in total. The number of rotatable bonds is 3. The fourth-order valence-electron chi connectivity index (χ4n) is 1.44. The van der Waals surface area contributed by atoms with Gasteiger partial charge in [0.2, 0.25) is 0 Å². The minimum atomic E-state index is -3.92. The standard InChI is InChI=1S/C6H14NO3PS/c7-6(3-1-2-4-6)5-12-11(8,9)10/h1-5,7H2,(H2,8,9,10). The highest BCUT2D eigenvalue weighted by molar-refractivity contribution is 8.54. The Bertz CT molecular complexity index is 199. The zero-order valence-electron chi connectivity index (χ0n) is 6.77. The van der Waals surface area contributed by atoms with Gasteiger partial charge in [0.05, 0.1) is 0 Å². The van der Waals surface area contributed by atoms with Gasteiger partial charge in [0.15, 0.2) is 0 Å². The van der Waals surface area contributed by atoms with Gasteiger partial charge in [-0.2, -0.15) is 0 Å². The van der Waals surface area contributed by atoms with Crippen molar-refractivity contribution in [2.75, 3.05) is 5.75 Å². The Kier molecular flexibility index (Phi) is 3.23. The van der Waals surface area contributed by atoms with E-state index < -0.39 is 6.80 Å². The van der Waals surface area contributed by atoms with Crippen molar-refractivity contribution in [2.24, 2.45) is 5.73 Å². The molecule has 0 radical (unpaired) electrons. The van der Waals surface area contributed by atoms with Crippen molar-refractivity contribution in [3.05, 3.63) is 0 Å². The fourth-order valence-corrected chi connectivity index (χ4v) is 3.43. The molecule has 6 heteroatoms. The Morgan fingerprint density at radius 2 is 1.92 bits per heavy atom. The first kappa shape index (κ1) is 10.5. The van der Waals surface area contributed by atoms with Gasteiger partial charge in [0.1, 0.15) is 0 Å². The third-order valence-electron chi connectivity index (χ3n) is 2.12. The molecule has 1 rings (SSSR count). The second kappa shape index (κ2) is 3.68. The van der Waals surface area contributed by atoms with Gasteiger partial charge >= 0.3 is 6.80 Å². The van der Waals surface area contributed by atoms with Crippen LogP contribution in [0.5, 0.6) is 0 Å². The summed E-state index contributed by atoms with van der Waals surface area (Å²) in [6, 6.07) is 0. The molecule has 0 aromatic rings. The fraction of sp³-hybridized carbons (Fsp3) is 1.00. The SMILES string of the molecule is NC1(CSP(=O)(O)O)CCCC1. The first-order chi connectivity index (χ1) is 5.41. The first-order valence-electron chi connectivity index (χ1n) is 3.90. The van der Waals surface area contributed by atoms with Gasteiger partial charge in [-0.3, -0.25) is 0 Å². The maximum absolute atomic E-state index is 10.5. The van der Waals surface area contributed by atoms with E-state index in [9.17, 15) is 4.57 Å². The van der Waals surface area contributed by atoms with E-state index in [1.54, 1.807) is 0 Å². The van der Waals surface area contributed by atoms with E-state index in [0.717, 1.165) is 25.7 Å². The summed E-state index contributed by atoms with van der Waals surface area (Å²) in [7, 11) is 0. The van der Waals surface area contributed by atoms with Crippen LogP contribution in [0.25, 0.3) is 0 Å². The summed E-state index contributed by atoms with van der Waals surface area (Å²) in [5.41, 5.74) is 5.57. The monoisotopic (exact) mass is 211 g/mol. The lowest BCUT2D eigenvalue weighted by atomic mass is 10.0. The maximum atomic E-state index is 10.5. The van der Waals surface area contributed by atoms with Gasteiger partial charge in [-0.05, 0) is 24.2 Å². The van der Waals surface area contributed by atoms with Crippen molar-refractivity contribution >= 4 is 18.2 Å². The molecule has 1 fully saturated rings. The molecule has 0 aromatic carbocycles. The predicted octanol–water partition coefficient (Wildman–Crippen LogP) is 1.08. The number of hydrogen-bond donors (Lipinski definition) is 3. The van der Waals surface area contributed by atoms with Gasteiger partial charge in [-0.25, -0.2) is 4.57 Å². The summed E-state index contributed by atoms with van der Waals surface area (Å²) in [6.07, 6.45) is 3.94. The summed E-state index contributed by atoms with van der Waals surface area (Å²) in [4.78, 5) is 17.2. The Hall–Kier alpha value is 0.460. The van der Waals surface area contributed by atoms with Gasteiger partial charge in [0, 0.05) is 11.3 Å². The van der Waals surface area contributed by atoms with Crippen molar-refractivity contribution in [3.8, 4) is 0 Å². The molecule has 0 spiro atoms. The summed E-state index contributed by atoms with van der Waals surface area (Å²) < 4.78 is 10.5. The zero-order chi connectivity index (χ0) is 9.24. The number of hydrogen-bond acceptors (Lipinski definition) is 3. The normalized spacial score (nSPS) is 22.9. The van der Waals surface area contributed by atoms with Crippen LogP contribution < -0.4 is 5.73 Å². The maximum Gasteiger partial charge on any atom is 0.384 e. The van der Waals surface area contributed by atoms with Crippen molar-refractivity contribution in [1.82, 2.24) is 0 Å². The molecule has 0 atom stereocenters. The Labute approximate surface area is 75.8 Å². The molecule has 12 heavy (non-hydrogen) atoms. The van der Waals surface area contributed by atoms with Crippen LogP contribution in [0.3, 0.4) is 0 Å². The van der Waals surface area contributed by atoms with Crippen LogP contribution in [0.1, 0.15) is 25.7 Å². The molecule has 0 unspecified atom stereocenters. The minimum Gasteiger partial charge on any atom is -0.324 e. The van der Waals surface area contributed by atoms with E-state index in [1.807, 2.05) is 0 Å². The summed E-state index contributed by atoms with van der Waals surface area (Å²) >= 11 is 0.671. The number of nitrogens with two attached hydrogens (primary N) is 1. The molecule has 72 valence electrons. The van der Waals surface area contributed by atoms with E-state index >= 15 is 0 Å². The zero-order valence-corrected chi connectivity index (χ0v) is 8.48. The topological polar surface area (TPSA) is 83.6 Å². The van der Waals surface area contributed by atoms with Crippen LogP contribution in [-0.4, -0.2) is 21.1 Å². The molecule has 0 aromatic heterocycles. The van der Waals surface area contributed by atoms with Crippen molar-refractivity contribution < 1.29 is 14.4 Å². The molecule has 0 amide bonds. The molecule has 1 saturated carbocycles. The van der Waals surface area contributed by atoms with Crippen LogP contribution in [-0.2, 0) is 4.57 Å².